The Kier molecular flexibility index (Phi) is 7.65. The normalized spacial score (nSPS) is 10.4. The summed E-state index contributed by atoms with van der Waals surface area (Å²) in [6.45, 7) is 3.68. The molecule has 0 saturated heterocycles. The predicted octanol–water partition coefficient (Wildman–Crippen LogP) is 2.68. The Hall–Kier alpha value is -3.26. The molecule has 148 valence electrons. The molecule has 0 atom stereocenters. The largest absolute Gasteiger partial charge is 0.326 e. The summed E-state index contributed by atoms with van der Waals surface area (Å²) in [7, 11) is 0. The number of anilines is 3. The van der Waals surface area contributed by atoms with E-state index >= 15 is 0 Å². The highest BCUT2D eigenvalue weighted by atomic mass is 19.1. The summed E-state index contributed by atoms with van der Waals surface area (Å²) in [5.41, 5.74) is 1.31. The van der Waals surface area contributed by atoms with Gasteiger partial charge < -0.3 is 16.0 Å². The van der Waals surface area contributed by atoms with Crippen molar-refractivity contribution in [3.8, 4) is 0 Å². The highest BCUT2D eigenvalue weighted by Gasteiger charge is 2.14. The number of halogens is 1. The molecule has 0 aliphatic rings. The molecule has 7 nitrogen and oxygen atoms in total. The molecule has 8 heteroatoms. The maximum absolute atomic E-state index is 13.6. The molecular weight excluding hydrogens is 363 g/mol. The van der Waals surface area contributed by atoms with Gasteiger partial charge in [0.2, 0.25) is 17.7 Å². The van der Waals surface area contributed by atoms with Crippen LogP contribution in [0.4, 0.5) is 21.5 Å². The standard InChI is InChI=1S/C20H23FN4O3/c1-3-25(13-20(28)24-18-7-5-4-6-17(18)21)12-19(27)23-16-10-8-15(9-11-16)22-14(2)26/h4-11H,3,12-13H2,1-2H3,(H,22,26)(H,23,27)(H,24,28). The fourth-order valence-corrected chi connectivity index (χ4v) is 2.48. The zero-order valence-corrected chi connectivity index (χ0v) is 15.8. The molecule has 0 heterocycles. The van der Waals surface area contributed by atoms with Crippen LogP contribution in [0, 0.1) is 5.82 Å². The van der Waals surface area contributed by atoms with Crippen LogP contribution in [0.2, 0.25) is 0 Å². The van der Waals surface area contributed by atoms with Gasteiger partial charge in [-0.05, 0) is 42.9 Å². The molecule has 2 aromatic carbocycles. The van der Waals surface area contributed by atoms with E-state index in [4.69, 9.17) is 0 Å². The molecular formula is C20H23FN4O3. The number of amides is 3. The smallest absolute Gasteiger partial charge is 0.238 e. The molecule has 2 rings (SSSR count). The highest BCUT2D eigenvalue weighted by Crippen LogP contribution is 2.14. The second-order valence-corrected chi connectivity index (χ2v) is 6.14. The number of hydrogen-bond donors (Lipinski definition) is 3. The van der Waals surface area contributed by atoms with E-state index in [-0.39, 0.29) is 30.6 Å². The van der Waals surface area contributed by atoms with Crippen LogP contribution in [0.25, 0.3) is 0 Å². The van der Waals surface area contributed by atoms with E-state index in [1.807, 2.05) is 6.92 Å². The van der Waals surface area contributed by atoms with Gasteiger partial charge in [0, 0.05) is 18.3 Å². The molecule has 3 amide bonds. The van der Waals surface area contributed by atoms with Crippen molar-refractivity contribution in [1.29, 1.82) is 0 Å². The lowest BCUT2D eigenvalue weighted by Crippen LogP contribution is -2.38. The third kappa shape index (κ3) is 6.81. The lowest BCUT2D eigenvalue weighted by atomic mass is 10.2. The Morgan fingerprint density at radius 2 is 1.39 bits per heavy atom. The number of rotatable bonds is 8. The zero-order chi connectivity index (χ0) is 20.5. The van der Waals surface area contributed by atoms with Crippen molar-refractivity contribution in [1.82, 2.24) is 4.90 Å². The molecule has 0 unspecified atom stereocenters. The quantitative estimate of drug-likeness (QED) is 0.651. The molecule has 28 heavy (non-hydrogen) atoms. The molecule has 0 bridgehead atoms. The number of hydrogen-bond acceptors (Lipinski definition) is 4. The summed E-state index contributed by atoms with van der Waals surface area (Å²) in [6.07, 6.45) is 0. The maximum atomic E-state index is 13.6. The fourth-order valence-electron chi connectivity index (χ4n) is 2.48. The highest BCUT2D eigenvalue weighted by molar-refractivity contribution is 5.95. The summed E-state index contributed by atoms with van der Waals surface area (Å²) in [4.78, 5) is 37.0. The van der Waals surface area contributed by atoms with E-state index in [2.05, 4.69) is 16.0 Å². The van der Waals surface area contributed by atoms with E-state index in [0.29, 0.717) is 17.9 Å². The molecule has 3 N–H and O–H groups in total. The second-order valence-electron chi connectivity index (χ2n) is 6.14. The number of carbonyl (C=O) groups excluding carboxylic acids is 3. The number of nitrogens with zero attached hydrogens (tertiary/aromatic N) is 1. The van der Waals surface area contributed by atoms with Crippen molar-refractivity contribution < 1.29 is 18.8 Å². The SMILES string of the molecule is CCN(CC(=O)Nc1ccc(NC(C)=O)cc1)CC(=O)Nc1ccccc1F. The summed E-state index contributed by atoms with van der Waals surface area (Å²) in [5.74, 6) is -1.38. The molecule has 0 radical (unpaired) electrons. The first-order valence-electron chi connectivity index (χ1n) is 8.81. The first-order valence-corrected chi connectivity index (χ1v) is 8.81. The van der Waals surface area contributed by atoms with E-state index < -0.39 is 11.7 Å². The van der Waals surface area contributed by atoms with E-state index in [0.717, 1.165) is 0 Å². The predicted molar refractivity (Wildman–Crippen MR) is 107 cm³/mol. The minimum Gasteiger partial charge on any atom is -0.326 e. The van der Waals surface area contributed by atoms with Crippen LogP contribution in [0.3, 0.4) is 0 Å². The van der Waals surface area contributed by atoms with Gasteiger partial charge in [0.05, 0.1) is 18.8 Å². The van der Waals surface area contributed by atoms with Crippen molar-refractivity contribution in [3.05, 3.63) is 54.3 Å². The van der Waals surface area contributed by atoms with Gasteiger partial charge in [0.1, 0.15) is 5.82 Å². The van der Waals surface area contributed by atoms with Gasteiger partial charge in [0.25, 0.3) is 0 Å². The zero-order valence-electron chi connectivity index (χ0n) is 15.8. The van der Waals surface area contributed by atoms with Crippen molar-refractivity contribution in [3.63, 3.8) is 0 Å². The Balaban J connectivity index is 1.86. The van der Waals surface area contributed by atoms with Crippen LogP contribution in [0.15, 0.2) is 48.5 Å². The fraction of sp³-hybridized carbons (Fsp3) is 0.250. The minimum absolute atomic E-state index is 0.00857. The van der Waals surface area contributed by atoms with Crippen molar-refractivity contribution in [2.75, 3.05) is 35.6 Å². The topological polar surface area (TPSA) is 90.5 Å². The summed E-state index contributed by atoms with van der Waals surface area (Å²) >= 11 is 0. The first-order chi connectivity index (χ1) is 13.4. The average molecular weight is 386 g/mol. The number of carbonyl (C=O) groups is 3. The lowest BCUT2D eigenvalue weighted by Gasteiger charge is -2.19. The van der Waals surface area contributed by atoms with Crippen LogP contribution in [-0.4, -0.2) is 42.3 Å². The average Bonchev–Trinajstić information content (AvgIpc) is 2.64. The Morgan fingerprint density at radius 1 is 0.857 bits per heavy atom. The lowest BCUT2D eigenvalue weighted by molar-refractivity contribution is -0.120. The summed E-state index contributed by atoms with van der Waals surface area (Å²) in [5, 5.41) is 7.87. The van der Waals surface area contributed by atoms with Gasteiger partial charge in [-0.25, -0.2) is 4.39 Å². The van der Waals surface area contributed by atoms with Crippen LogP contribution >= 0.6 is 0 Å². The Bertz CT molecular complexity index is 840. The molecule has 0 saturated carbocycles. The Labute approximate surface area is 162 Å². The van der Waals surface area contributed by atoms with Crippen LogP contribution in [-0.2, 0) is 14.4 Å². The molecule has 0 fully saturated rings. The van der Waals surface area contributed by atoms with E-state index in [1.165, 1.54) is 25.1 Å². The molecule has 0 spiro atoms. The van der Waals surface area contributed by atoms with Gasteiger partial charge in [-0.2, -0.15) is 0 Å². The van der Waals surface area contributed by atoms with Crippen LogP contribution < -0.4 is 16.0 Å². The van der Waals surface area contributed by atoms with Gasteiger partial charge >= 0.3 is 0 Å². The van der Waals surface area contributed by atoms with E-state index in [9.17, 15) is 18.8 Å². The monoisotopic (exact) mass is 386 g/mol. The van der Waals surface area contributed by atoms with Gasteiger partial charge in [0.15, 0.2) is 0 Å². The molecule has 0 aliphatic carbocycles. The Morgan fingerprint density at radius 3 is 1.93 bits per heavy atom. The molecule has 0 aromatic heterocycles. The third-order valence-electron chi connectivity index (χ3n) is 3.82. The summed E-state index contributed by atoms with van der Waals surface area (Å²) in [6, 6.07) is 12.6. The van der Waals surface area contributed by atoms with Crippen molar-refractivity contribution in [2.45, 2.75) is 13.8 Å². The van der Waals surface area contributed by atoms with Gasteiger partial charge in [-0.3, -0.25) is 19.3 Å². The van der Waals surface area contributed by atoms with Crippen molar-refractivity contribution >= 4 is 34.8 Å². The minimum atomic E-state index is -0.514. The number of likely N-dealkylation sites (N-methyl/N-ethyl adjacent to an activating group) is 1. The summed E-state index contributed by atoms with van der Waals surface area (Å²) < 4.78 is 13.6. The van der Waals surface area contributed by atoms with Crippen LogP contribution in [0.1, 0.15) is 13.8 Å². The maximum Gasteiger partial charge on any atom is 0.238 e. The third-order valence-corrected chi connectivity index (χ3v) is 3.82. The number of nitrogens with one attached hydrogen (secondary N) is 3. The van der Waals surface area contributed by atoms with Gasteiger partial charge in [-0.1, -0.05) is 19.1 Å². The van der Waals surface area contributed by atoms with E-state index in [1.54, 1.807) is 35.2 Å². The second kappa shape index (κ2) is 10.2. The van der Waals surface area contributed by atoms with Gasteiger partial charge in [-0.15, -0.1) is 0 Å². The number of benzene rings is 2. The van der Waals surface area contributed by atoms with Crippen molar-refractivity contribution in [2.24, 2.45) is 0 Å². The molecule has 0 aliphatic heterocycles. The number of para-hydroxylation sites is 1. The molecule has 2 aromatic rings. The first kappa shape index (κ1) is 21.0. The van der Waals surface area contributed by atoms with Crippen LogP contribution in [0.5, 0.6) is 0 Å².